The van der Waals surface area contributed by atoms with Crippen molar-refractivity contribution in [3.8, 4) is 0 Å². The molecule has 2 aromatic heterocycles. The lowest BCUT2D eigenvalue weighted by Crippen LogP contribution is -2.46. The number of aliphatic carboxylic acids is 2. The number of carbonyl (C=O) groups is 3. The number of para-hydroxylation sites is 1. The summed E-state index contributed by atoms with van der Waals surface area (Å²) in [5, 5.41) is 24.6. The van der Waals surface area contributed by atoms with E-state index in [1.165, 1.54) is 0 Å². The van der Waals surface area contributed by atoms with E-state index in [1.54, 1.807) is 54.7 Å². The molecule has 0 saturated carbocycles. The topological polar surface area (TPSA) is 223 Å². The fraction of sp³-hybridized carbons (Fsp3) is 0.222. The summed E-state index contributed by atoms with van der Waals surface area (Å²) < 4.78 is 0. The van der Waals surface area contributed by atoms with Crippen molar-refractivity contribution < 1.29 is 24.6 Å². The van der Waals surface area contributed by atoms with Crippen LogP contribution in [0.25, 0.3) is 11.2 Å². The number of carboxylic acid groups (broad SMARTS) is 2. The van der Waals surface area contributed by atoms with Crippen LogP contribution in [-0.4, -0.2) is 66.6 Å². The lowest BCUT2D eigenvalue weighted by Gasteiger charge is -2.21. The highest BCUT2D eigenvalue weighted by molar-refractivity contribution is 5.97. The van der Waals surface area contributed by atoms with Gasteiger partial charge < -0.3 is 37.2 Å². The monoisotopic (exact) mass is 557 g/mol. The molecule has 1 unspecified atom stereocenters. The van der Waals surface area contributed by atoms with Gasteiger partial charge in [0.25, 0.3) is 5.91 Å². The second kappa shape index (κ2) is 11.3. The Labute approximate surface area is 233 Å². The van der Waals surface area contributed by atoms with Crippen molar-refractivity contribution >= 4 is 52.2 Å². The van der Waals surface area contributed by atoms with E-state index in [0.29, 0.717) is 42.1 Å². The highest BCUT2D eigenvalue weighted by atomic mass is 16.4. The highest BCUT2D eigenvalue weighted by Gasteiger charge is 2.29. The second-order valence-corrected chi connectivity index (χ2v) is 9.52. The summed E-state index contributed by atoms with van der Waals surface area (Å²) in [6.45, 7) is 1.09. The second-order valence-electron chi connectivity index (χ2n) is 9.52. The van der Waals surface area contributed by atoms with Crippen molar-refractivity contribution in [2.24, 2.45) is 0 Å². The van der Waals surface area contributed by atoms with Gasteiger partial charge in [0.1, 0.15) is 12.1 Å². The molecule has 1 aliphatic heterocycles. The van der Waals surface area contributed by atoms with Crippen LogP contribution in [0.15, 0.2) is 54.7 Å². The van der Waals surface area contributed by atoms with Gasteiger partial charge in [-0.25, -0.2) is 19.6 Å². The summed E-state index contributed by atoms with van der Waals surface area (Å²) >= 11 is 0. The molecule has 2 aromatic carbocycles. The predicted octanol–water partition coefficient (Wildman–Crippen LogP) is 1.29. The lowest BCUT2D eigenvalue weighted by molar-refractivity contribution is -0.141. The van der Waals surface area contributed by atoms with Crippen LogP contribution in [-0.2, 0) is 22.6 Å². The first-order valence-electron chi connectivity index (χ1n) is 12.7. The summed E-state index contributed by atoms with van der Waals surface area (Å²) in [6.07, 6.45) is 1.89. The molecule has 5 rings (SSSR count). The van der Waals surface area contributed by atoms with Crippen molar-refractivity contribution in [1.82, 2.24) is 25.3 Å². The van der Waals surface area contributed by atoms with E-state index < -0.39 is 29.9 Å². The van der Waals surface area contributed by atoms with Gasteiger partial charge in [-0.1, -0.05) is 18.2 Å². The predicted molar refractivity (Wildman–Crippen MR) is 150 cm³/mol. The number of rotatable bonds is 10. The van der Waals surface area contributed by atoms with E-state index in [4.69, 9.17) is 11.5 Å². The Morgan fingerprint density at radius 1 is 0.976 bits per heavy atom. The highest BCUT2D eigenvalue weighted by Crippen LogP contribution is 2.30. The summed E-state index contributed by atoms with van der Waals surface area (Å²) in [5.41, 5.74) is 15.5. The minimum absolute atomic E-state index is 0.0191. The van der Waals surface area contributed by atoms with Crippen molar-refractivity contribution in [2.45, 2.75) is 31.5 Å². The van der Waals surface area contributed by atoms with Gasteiger partial charge in [-0.2, -0.15) is 9.97 Å². The molecule has 0 radical (unpaired) electrons. The summed E-state index contributed by atoms with van der Waals surface area (Å²) in [4.78, 5) is 55.6. The van der Waals surface area contributed by atoms with Crippen LogP contribution in [0.5, 0.6) is 0 Å². The number of aromatic nitrogens is 4. The Kier molecular flexibility index (Phi) is 7.45. The average Bonchev–Trinajstić information content (AvgIpc) is 3.34. The Balaban J connectivity index is 1.27. The zero-order valence-corrected chi connectivity index (χ0v) is 21.7. The third-order valence-electron chi connectivity index (χ3n) is 6.68. The van der Waals surface area contributed by atoms with Crippen LogP contribution < -0.4 is 27.0 Å². The number of amides is 1. The first-order valence-corrected chi connectivity index (χ1v) is 12.7. The number of benzene rings is 2. The molecule has 4 aromatic rings. The van der Waals surface area contributed by atoms with Gasteiger partial charge in [-0.05, 0) is 42.3 Å². The van der Waals surface area contributed by atoms with E-state index in [2.05, 4.69) is 35.5 Å². The minimum atomic E-state index is -1.43. The van der Waals surface area contributed by atoms with Gasteiger partial charge in [0.05, 0.1) is 18.4 Å². The molecule has 210 valence electrons. The molecule has 3 heterocycles. The maximum atomic E-state index is 13.0. The Bertz CT molecular complexity index is 1630. The third-order valence-corrected chi connectivity index (χ3v) is 6.68. The molecule has 0 aliphatic carbocycles. The van der Waals surface area contributed by atoms with Crippen molar-refractivity contribution in [2.75, 3.05) is 28.2 Å². The number of nitrogen functional groups attached to an aromatic ring is 2. The molecule has 1 amide bonds. The van der Waals surface area contributed by atoms with E-state index in [1.807, 2.05) is 0 Å². The lowest BCUT2D eigenvalue weighted by atomic mass is 10.0. The normalized spacial score (nSPS) is 13.8. The van der Waals surface area contributed by atoms with Crippen LogP contribution in [0, 0.1) is 0 Å². The SMILES string of the molecule is Nc1nc(N)c2nc(CN3CCc4cc(C(=O)N[C@H](CC(Nc5ccccc5)C(=O)O)C(=O)O)ccc43)cnc2n1. The van der Waals surface area contributed by atoms with Gasteiger partial charge in [-0.15, -0.1) is 0 Å². The Morgan fingerprint density at radius 3 is 2.46 bits per heavy atom. The number of nitrogens with one attached hydrogen (secondary N) is 2. The zero-order chi connectivity index (χ0) is 29.1. The first kappa shape index (κ1) is 27.1. The van der Waals surface area contributed by atoms with Gasteiger partial charge in [0.2, 0.25) is 5.95 Å². The van der Waals surface area contributed by atoms with Crippen molar-refractivity contribution in [3.63, 3.8) is 0 Å². The fourth-order valence-corrected chi connectivity index (χ4v) is 4.69. The number of hydrogen-bond acceptors (Lipinski definition) is 11. The van der Waals surface area contributed by atoms with Gasteiger partial charge >= 0.3 is 11.9 Å². The number of nitrogens with two attached hydrogens (primary N) is 2. The van der Waals surface area contributed by atoms with Crippen LogP contribution in [0.4, 0.5) is 23.1 Å². The maximum Gasteiger partial charge on any atom is 0.326 e. The van der Waals surface area contributed by atoms with E-state index >= 15 is 0 Å². The number of anilines is 4. The molecule has 41 heavy (non-hydrogen) atoms. The van der Waals surface area contributed by atoms with E-state index in [9.17, 15) is 24.6 Å². The molecule has 8 N–H and O–H groups in total. The van der Waals surface area contributed by atoms with E-state index in [0.717, 1.165) is 11.3 Å². The van der Waals surface area contributed by atoms with Crippen molar-refractivity contribution in [1.29, 1.82) is 0 Å². The number of fused-ring (bicyclic) bond motifs is 2. The maximum absolute atomic E-state index is 13.0. The number of hydrogen-bond donors (Lipinski definition) is 6. The van der Waals surface area contributed by atoms with Crippen molar-refractivity contribution in [3.05, 3.63) is 71.5 Å². The zero-order valence-electron chi connectivity index (χ0n) is 21.7. The molecule has 2 atom stereocenters. The molecule has 14 nitrogen and oxygen atoms in total. The van der Waals surface area contributed by atoms with Gasteiger partial charge in [0.15, 0.2) is 17.0 Å². The molecular weight excluding hydrogens is 530 g/mol. The van der Waals surface area contributed by atoms with Crippen LogP contribution in [0.2, 0.25) is 0 Å². The Morgan fingerprint density at radius 2 is 1.73 bits per heavy atom. The van der Waals surface area contributed by atoms with Crippen LogP contribution >= 0.6 is 0 Å². The molecular formula is C27H27N9O5. The van der Waals surface area contributed by atoms with Crippen LogP contribution in [0.1, 0.15) is 28.0 Å². The minimum Gasteiger partial charge on any atom is -0.480 e. The largest absolute Gasteiger partial charge is 0.480 e. The third kappa shape index (κ3) is 6.06. The Hall–Kier alpha value is -5.53. The standard InChI is InChI=1S/C27H27N9O5/c28-22-21-23(35-27(29)34-22)30-12-17(32-21)13-36-9-8-14-10-15(6-7-20(14)36)24(37)33-19(26(40)41)11-18(25(38)39)31-16-4-2-1-3-5-16/h1-7,10,12,18-19,31H,8-9,11,13H2,(H,33,37)(H,38,39)(H,40,41)(H4,28,29,30,34,35)/t18?,19-/m1/s1. The average molecular weight is 558 g/mol. The number of nitrogens with zero attached hydrogens (tertiary/aromatic N) is 5. The van der Waals surface area contributed by atoms with Crippen LogP contribution in [0.3, 0.4) is 0 Å². The quantitative estimate of drug-likeness (QED) is 0.162. The summed E-state index contributed by atoms with van der Waals surface area (Å²) in [5.74, 6) is -3.02. The summed E-state index contributed by atoms with van der Waals surface area (Å²) in [7, 11) is 0. The molecule has 0 spiro atoms. The number of carbonyl (C=O) groups excluding carboxylic acids is 1. The molecule has 14 heteroatoms. The first-order chi connectivity index (χ1) is 19.7. The molecule has 0 bridgehead atoms. The molecule has 0 fully saturated rings. The molecule has 0 saturated heterocycles. The number of carboxylic acids is 2. The summed E-state index contributed by atoms with van der Waals surface area (Å²) in [6, 6.07) is 11.0. The fourth-order valence-electron chi connectivity index (χ4n) is 4.69. The smallest absolute Gasteiger partial charge is 0.326 e. The molecule has 1 aliphatic rings. The van der Waals surface area contributed by atoms with Gasteiger partial charge in [0, 0.05) is 29.9 Å². The van der Waals surface area contributed by atoms with E-state index in [-0.39, 0.29) is 23.8 Å². The van der Waals surface area contributed by atoms with Gasteiger partial charge in [-0.3, -0.25) is 4.79 Å².